The van der Waals surface area contributed by atoms with E-state index >= 15 is 0 Å². The lowest BCUT2D eigenvalue weighted by molar-refractivity contribution is -0.0256. The number of piperidine rings is 1. The zero-order valence-electron chi connectivity index (χ0n) is 25.0. The highest BCUT2D eigenvalue weighted by molar-refractivity contribution is 5.95. The van der Waals surface area contributed by atoms with E-state index in [1.807, 2.05) is 17.0 Å². The number of aromatic nitrogens is 1. The Balaban J connectivity index is 1.07. The predicted octanol–water partition coefficient (Wildman–Crippen LogP) is 4.10. The molecular formula is C34H40N4O4. The van der Waals surface area contributed by atoms with Gasteiger partial charge < -0.3 is 29.0 Å². The summed E-state index contributed by atoms with van der Waals surface area (Å²) in [5, 5.41) is 0. The van der Waals surface area contributed by atoms with Crippen molar-refractivity contribution in [3.8, 4) is 17.2 Å². The van der Waals surface area contributed by atoms with Gasteiger partial charge >= 0.3 is 0 Å². The van der Waals surface area contributed by atoms with Crippen molar-refractivity contribution >= 4 is 5.91 Å². The minimum absolute atomic E-state index is 0.0771. The average Bonchev–Trinajstić information content (AvgIpc) is 3.54. The maximum atomic E-state index is 14.0. The fourth-order valence-corrected chi connectivity index (χ4v) is 8.91. The Hall–Kier alpha value is -3.49. The first kappa shape index (κ1) is 26.2. The van der Waals surface area contributed by atoms with Crippen LogP contribution in [0.25, 0.3) is 0 Å². The van der Waals surface area contributed by atoms with Crippen LogP contribution in [-0.2, 0) is 24.8 Å². The minimum atomic E-state index is -0.116. The maximum absolute atomic E-state index is 14.0. The molecule has 4 atom stereocenters. The molecule has 1 spiro atoms. The summed E-state index contributed by atoms with van der Waals surface area (Å²) in [6, 6.07) is 13.1. The number of nitrogens with one attached hydrogen (secondary N) is 1. The third kappa shape index (κ3) is 3.57. The van der Waals surface area contributed by atoms with Gasteiger partial charge in [0, 0.05) is 49.7 Å². The van der Waals surface area contributed by atoms with Crippen LogP contribution in [0.1, 0.15) is 56.5 Å². The minimum Gasteiger partial charge on any atom is -0.497 e. The highest BCUT2D eigenvalue weighted by atomic mass is 16.5. The molecule has 8 heteroatoms. The third-order valence-corrected chi connectivity index (χ3v) is 11.1. The van der Waals surface area contributed by atoms with E-state index in [1.165, 1.54) is 22.3 Å². The molecule has 1 unspecified atom stereocenters. The number of benzene rings is 2. The first-order valence-corrected chi connectivity index (χ1v) is 15.4. The summed E-state index contributed by atoms with van der Waals surface area (Å²) < 4.78 is 18.0. The summed E-state index contributed by atoms with van der Waals surface area (Å²) >= 11 is 0. The average molecular weight is 569 g/mol. The molecule has 2 saturated heterocycles. The van der Waals surface area contributed by atoms with Gasteiger partial charge in [0.15, 0.2) is 11.5 Å². The van der Waals surface area contributed by atoms with Crippen molar-refractivity contribution < 1.29 is 19.0 Å². The number of likely N-dealkylation sites (N-methyl/N-ethyl adjacent to an activating group) is 1. The van der Waals surface area contributed by atoms with E-state index < -0.39 is 0 Å². The fourth-order valence-electron chi connectivity index (χ4n) is 8.91. The number of fused-ring (bicyclic) bond motifs is 2. The molecule has 0 saturated carbocycles. The standard InChI is InChI=1S/C34H40N4O4/c1-20-24-18-25-26-17-22-7-10-27(41-4)31-28(22)34(25,11-12-36(26)2)32(42-31)30(24)35-29(20)33(39)38-15-13-37(14-16-38)19-21-5-8-23(40-3)9-6-21/h5-10,25-26,32,35H,11-19H2,1-4H3/t25?,26-,32-,34-/m0/s1. The second kappa shape index (κ2) is 9.51. The first-order chi connectivity index (χ1) is 20.4. The number of nitrogens with zero attached hydrogens (tertiary/aromatic N) is 3. The topological polar surface area (TPSA) is 70.3 Å². The van der Waals surface area contributed by atoms with Crippen molar-refractivity contribution in [2.75, 3.05) is 54.0 Å². The Morgan fingerprint density at radius 2 is 1.81 bits per heavy atom. The molecule has 1 aromatic heterocycles. The zero-order valence-corrected chi connectivity index (χ0v) is 25.0. The van der Waals surface area contributed by atoms with Gasteiger partial charge in [-0.05, 0) is 86.1 Å². The summed E-state index contributed by atoms with van der Waals surface area (Å²) in [5.74, 6) is 3.18. The van der Waals surface area contributed by atoms with Gasteiger partial charge in [-0.15, -0.1) is 0 Å². The van der Waals surface area contributed by atoms with Crippen LogP contribution < -0.4 is 14.2 Å². The molecule has 2 aliphatic carbocycles. The number of amides is 1. The largest absolute Gasteiger partial charge is 0.497 e. The van der Waals surface area contributed by atoms with Crippen molar-refractivity contribution in [3.63, 3.8) is 0 Å². The van der Waals surface area contributed by atoms with E-state index in [-0.39, 0.29) is 17.4 Å². The number of hydrogen-bond donors (Lipinski definition) is 1. The Labute approximate surface area is 247 Å². The van der Waals surface area contributed by atoms with Crippen LogP contribution in [0.4, 0.5) is 0 Å². The number of methoxy groups -OCH3 is 2. The number of piperazine rings is 1. The van der Waals surface area contributed by atoms with Crippen LogP contribution in [-0.4, -0.2) is 85.6 Å². The van der Waals surface area contributed by atoms with E-state index in [2.05, 4.69) is 53.0 Å². The molecule has 42 heavy (non-hydrogen) atoms. The lowest BCUT2D eigenvalue weighted by Crippen LogP contribution is -2.62. The zero-order chi connectivity index (χ0) is 28.7. The number of aromatic amines is 1. The van der Waals surface area contributed by atoms with Gasteiger partial charge in [-0.1, -0.05) is 18.2 Å². The Kier molecular flexibility index (Phi) is 5.92. The second-order valence-corrected chi connectivity index (χ2v) is 12.9. The van der Waals surface area contributed by atoms with Crippen LogP contribution in [0, 0.1) is 12.8 Å². The molecule has 5 aliphatic rings. The fraction of sp³-hybridized carbons (Fsp3) is 0.500. The van der Waals surface area contributed by atoms with Crippen molar-refractivity contribution in [1.29, 1.82) is 0 Å². The molecule has 3 aliphatic heterocycles. The number of likely N-dealkylation sites (tertiary alicyclic amines) is 1. The third-order valence-electron chi connectivity index (χ3n) is 11.1. The number of H-pyrrole nitrogens is 1. The number of carbonyl (C=O) groups excluding carboxylic acids is 1. The lowest BCUT2D eigenvalue weighted by atomic mass is 9.51. The molecule has 4 heterocycles. The normalized spacial score (nSPS) is 27.7. The van der Waals surface area contributed by atoms with Crippen LogP contribution in [0.2, 0.25) is 0 Å². The molecule has 2 bridgehead atoms. The van der Waals surface area contributed by atoms with Crippen molar-refractivity contribution in [2.24, 2.45) is 5.92 Å². The molecule has 1 amide bonds. The van der Waals surface area contributed by atoms with Crippen molar-refractivity contribution in [3.05, 3.63) is 75.6 Å². The molecule has 1 N–H and O–H groups in total. The highest BCUT2D eigenvalue weighted by Gasteiger charge is 2.65. The molecule has 2 aromatic carbocycles. The van der Waals surface area contributed by atoms with Crippen LogP contribution in [0.5, 0.6) is 17.2 Å². The lowest BCUT2D eigenvalue weighted by Gasteiger charge is -2.57. The van der Waals surface area contributed by atoms with Gasteiger partial charge in [0.25, 0.3) is 5.91 Å². The summed E-state index contributed by atoms with van der Waals surface area (Å²) in [6.45, 7) is 7.24. The summed E-state index contributed by atoms with van der Waals surface area (Å²) in [5.41, 5.74) is 8.20. The molecule has 220 valence electrons. The molecule has 8 rings (SSSR count). The van der Waals surface area contributed by atoms with E-state index in [0.717, 1.165) is 92.7 Å². The Morgan fingerprint density at radius 1 is 1.02 bits per heavy atom. The summed E-state index contributed by atoms with van der Waals surface area (Å²) in [7, 11) is 5.70. The highest BCUT2D eigenvalue weighted by Crippen LogP contribution is 2.67. The maximum Gasteiger partial charge on any atom is 0.270 e. The van der Waals surface area contributed by atoms with E-state index in [4.69, 9.17) is 14.2 Å². The van der Waals surface area contributed by atoms with Crippen LogP contribution in [0.3, 0.4) is 0 Å². The summed E-state index contributed by atoms with van der Waals surface area (Å²) in [4.78, 5) is 24.7. The molecular weight excluding hydrogens is 528 g/mol. The second-order valence-electron chi connectivity index (χ2n) is 12.9. The van der Waals surface area contributed by atoms with E-state index in [9.17, 15) is 4.79 Å². The van der Waals surface area contributed by atoms with Crippen molar-refractivity contribution in [1.82, 2.24) is 19.7 Å². The molecule has 3 aromatic rings. The van der Waals surface area contributed by atoms with Crippen LogP contribution in [0.15, 0.2) is 36.4 Å². The quantitative estimate of drug-likeness (QED) is 0.500. The number of carbonyl (C=O) groups is 1. The van der Waals surface area contributed by atoms with Gasteiger partial charge in [-0.3, -0.25) is 9.69 Å². The van der Waals surface area contributed by atoms with E-state index in [0.29, 0.717) is 12.0 Å². The number of ether oxygens (including phenoxy) is 3. The summed E-state index contributed by atoms with van der Waals surface area (Å²) in [6.07, 6.45) is 2.95. The van der Waals surface area contributed by atoms with E-state index in [1.54, 1.807) is 14.2 Å². The van der Waals surface area contributed by atoms with Crippen molar-refractivity contribution in [2.45, 2.75) is 50.3 Å². The van der Waals surface area contributed by atoms with Gasteiger partial charge in [-0.25, -0.2) is 0 Å². The molecule has 8 nitrogen and oxygen atoms in total. The van der Waals surface area contributed by atoms with Crippen LogP contribution >= 0.6 is 0 Å². The Bertz CT molecular complexity index is 1560. The number of hydrogen-bond acceptors (Lipinski definition) is 6. The SMILES string of the molecule is COc1ccc(CN2CCN(C(=O)c3[nH]c4c(c3C)CC3[C@@H]5Cc6ccc(OC)c7c6[C@@]3(CCN5C)[C@H]4O7)CC2)cc1. The number of rotatable bonds is 5. The predicted molar refractivity (Wildman–Crippen MR) is 160 cm³/mol. The molecule has 0 radical (unpaired) electrons. The smallest absolute Gasteiger partial charge is 0.270 e. The van der Waals surface area contributed by atoms with Gasteiger partial charge in [0.05, 0.1) is 19.9 Å². The van der Waals surface area contributed by atoms with Gasteiger partial charge in [-0.2, -0.15) is 0 Å². The van der Waals surface area contributed by atoms with Gasteiger partial charge in [0.1, 0.15) is 17.5 Å². The van der Waals surface area contributed by atoms with Gasteiger partial charge in [0.2, 0.25) is 0 Å². The Morgan fingerprint density at radius 3 is 2.55 bits per heavy atom. The first-order valence-electron chi connectivity index (χ1n) is 15.4. The monoisotopic (exact) mass is 568 g/mol. The molecule has 2 fully saturated rings.